The molecule has 0 bridgehead atoms. The molecular formula is C13H12F3N. The van der Waals surface area contributed by atoms with Crippen LogP contribution in [-0.4, -0.2) is 6.18 Å². The van der Waals surface area contributed by atoms with Crippen molar-refractivity contribution in [2.24, 2.45) is 5.73 Å². The zero-order valence-electron chi connectivity index (χ0n) is 9.25. The number of aryl methyl sites for hydroxylation is 1. The van der Waals surface area contributed by atoms with E-state index in [-0.39, 0.29) is 5.56 Å². The quantitative estimate of drug-likeness (QED) is 0.806. The van der Waals surface area contributed by atoms with E-state index in [1.165, 1.54) is 12.1 Å². The Bertz CT molecular complexity index is 546. The minimum Gasteiger partial charge on any atom is -0.316 e. The van der Waals surface area contributed by atoms with Crippen molar-refractivity contribution in [3.63, 3.8) is 0 Å². The van der Waals surface area contributed by atoms with Crippen LogP contribution in [0.5, 0.6) is 0 Å². The summed E-state index contributed by atoms with van der Waals surface area (Å²) in [6.45, 7) is 1.94. The average molecular weight is 239 g/mol. The second kappa shape index (κ2) is 4.04. The molecule has 2 aromatic rings. The van der Waals surface area contributed by atoms with Crippen LogP contribution in [0.4, 0.5) is 13.2 Å². The summed E-state index contributed by atoms with van der Waals surface area (Å²) in [5.41, 5.74) is 6.33. The van der Waals surface area contributed by atoms with Crippen molar-refractivity contribution in [3.8, 4) is 0 Å². The molecule has 1 nitrogen and oxygen atoms in total. The van der Waals surface area contributed by atoms with E-state index in [0.29, 0.717) is 0 Å². The van der Waals surface area contributed by atoms with Crippen molar-refractivity contribution in [2.75, 3.05) is 0 Å². The molecule has 4 heteroatoms. The van der Waals surface area contributed by atoms with Gasteiger partial charge >= 0.3 is 6.18 Å². The number of benzene rings is 2. The number of nitrogens with two attached hydrogens (primary N) is 1. The van der Waals surface area contributed by atoms with Crippen molar-refractivity contribution >= 4 is 10.8 Å². The highest BCUT2D eigenvalue weighted by atomic mass is 19.4. The third kappa shape index (κ3) is 2.42. The van der Waals surface area contributed by atoms with Gasteiger partial charge in [0, 0.05) is 0 Å². The van der Waals surface area contributed by atoms with E-state index in [1.807, 2.05) is 19.1 Å². The van der Waals surface area contributed by atoms with Gasteiger partial charge < -0.3 is 5.73 Å². The first-order valence-electron chi connectivity index (χ1n) is 5.20. The van der Waals surface area contributed by atoms with Crippen LogP contribution in [0.15, 0.2) is 36.4 Å². The van der Waals surface area contributed by atoms with Gasteiger partial charge in [0.1, 0.15) is 6.04 Å². The summed E-state index contributed by atoms with van der Waals surface area (Å²) < 4.78 is 37.4. The fraction of sp³-hybridized carbons (Fsp3) is 0.231. The number of alkyl halides is 3. The molecule has 0 aliphatic rings. The van der Waals surface area contributed by atoms with Gasteiger partial charge in [-0.05, 0) is 29.3 Å². The highest BCUT2D eigenvalue weighted by Crippen LogP contribution is 2.31. The molecule has 0 heterocycles. The van der Waals surface area contributed by atoms with E-state index in [0.717, 1.165) is 16.3 Å². The molecule has 0 radical (unpaired) electrons. The molecule has 0 aromatic heterocycles. The number of hydrogen-bond donors (Lipinski definition) is 1. The lowest BCUT2D eigenvalue weighted by Gasteiger charge is -2.16. The number of rotatable bonds is 1. The summed E-state index contributed by atoms with van der Waals surface area (Å²) in [5, 5.41) is 1.69. The van der Waals surface area contributed by atoms with Gasteiger partial charge in [-0.3, -0.25) is 0 Å². The Hall–Kier alpha value is -1.55. The first-order chi connectivity index (χ1) is 7.88. The zero-order valence-corrected chi connectivity index (χ0v) is 9.25. The summed E-state index contributed by atoms with van der Waals surface area (Å²) in [5.74, 6) is 0. The van der Waals surface area contributed by atoms with Gasteiger partial charge in [0.05, 0.1) is 0 Å². The number of hydrogen-bond acceptors (Lipinski definition) is 1. The summed E-state index contributed by atoms with van der Waals surface area (Å²) in [6, 6.07) is 8.27. The molecule has 2 N–H and O–H groups in total. The minimum atomic E-state index is -4.40. The minimum absolute atomic E-state index is 0.0915. The molecule has 0 aliphatic carbocycles. The van der Waals surface area contributed by atoms with E-state index in [1.54, 1.807) is 12.1 Å². The standard InChI is InChI=1S/C13H12F3N/c1-8-2-3-10-7-11(5-4-9(10)6-8)12(17)13(14,15)16/h2-7,12H,17H2,1H3. The van der Waals surface area contributed by atoms with E-state index in [4.69, 9.17) is 5.73 Å². The fourth-order valence-electron chi connectivity index (χ4n) is 1.77. The second-order valence-electron chi connectivity index (χ2n) is 4.13. The van der Waals surface area contributed by atoms with Crippen molar-refractivity contribution in [3.05, 3.63) is 47.5 Å². The van der Waals surface area contributed by atoms with Crippen LogP contribution in [0.1, 0.15) is 17.2 Å². The first-order valence-corrected chi connectivity index (χ1v) is 5.20. The third-order valence-corrected chi connectivity index (χ3v) is 2.73. The Morgan fingerprint density at radius 3 is 2.24 bits per heavy atom. The Morgan fingerprint density at radius 2 is 1.59 bits per heavy atom. The first kappa shape index (κ1) is 11.9. The summed E-state index contributed by atoms with van der Waals surface area (Å²) in [6.07, 6.45) is -4.40. The lowest BCUT2D eigenvalue weighted by Crippen LogP contribution is -2.28. The van der Waals surface area contributed by atoms with Crippen LogP contribution >= 0.6 is 0 Å². The molecule has 0 saturated carbocycles. The van der Waals surface area contributed by atoms with Crippen LogP contribution in [-0.2, 0) is 0 Å². The molecule has 1 atom stereocenters. The molecule has 1 unspecified atom stereocenters. The van der Waals surface area contributed by atoms with Gasteiger partial charge in [0.2, 0.25) is 0 Å². The van der Waals surface area contributed by atoms with Gasteiger partial charge in [0.15, 0.2) is 0 Å². The highest BCUT2D eigenvalue weighted by molar-refractivity contribution is 5.83. The topological polar surface area (TPSA) is 26.0 Å². The Balaban J connectivity index is 2.48. The Kier molecular flexibility index (Phi) is 2.83. The van der Waals surface area contributed by atoms with Crippen molar-refractivity contribution in [2.45, 2.75) is 19.1 Å². The largest absolute Gasteiger partial charge is 0.407 e. The van der Waals surface area contributed by atoms with Crippen molar-refractivity contribution in [1.29, 1.82) is 0 Å². The molecule has 0 spiro atoms. The van der Waals surface area contributed by atoms with E-state index < -0.39 is 12.2 Å². The maximum Gasteiger partial charge on any atom is 0.407 e. The third-order valence-electron chi connectivity index (χ3n) is 2.73. The van der Waals surface area contributed by atoms with Gasteiger partial charge in [0.25, 0.3) is 0 Å². The van der Waals surface area contributed by atoms with Crippen LogP contribution < -0.4 is 5.73 Å². The Labute approximate surface area is 97.0 Å². The molecule has 0 amide bonds. The molecule has 0 aliphatic heterocycles. The summed E-state index contributed by atoms with van der Waals surface area (Å²) >= 11 is 0. The lowest BCUT2D eigenvalue weighted by atomic mass is 10.0. The second-order valence-corrected chi connectivity index (χ2v) is 4.13. The lowest BCUT2D eigenvalue weighted by molar-refractivity contribution is -0.149. The molecule has 2 aromatic carbocycles. The summed E-state index contributed by atoms with van der Waals surface area (Å²) in [4.78, 5) is 0. The molecule has 0 saturated heterocycles. The molecule has 90 valence electrons. The Morgan fingerprint density at radius 1 is 1.00 bits per heavy atom. The van der Waals surface area contributed by atoms with Gasteiger partial charge in [-0.15, -0.1) is 0 Å². The van der Waals surface area contributed by atoms with Gasteiger partial charge in [-0.25, -0.2) is 0 Å². The normalized spacial score (nSPS) is 13.9. The number of fused-ring (bicyclic) bond motifs is 1. The maximum atomic E-state index is 12.5. The molecule has 17 heavy (non-hydrogen) atoms. The summed E-state index contributed by atoms with van der Waals surface area (Å²) in [7, 11) is 0. The van der Waals surface area contributed by atoms with Gasteiger partial charge in [-0.1, -0.05) is 35.9 Å². The zero-order chi connectivity index (χ0) is 12.6. The average Bonchev–Trinajstić information content (AvgIpc) is 2.26. The SMILES string of the molecule is Cc1ccc2cc(C(N)C(F)(F)F)ccc2c1. The van der Waals surface area contributed by atoms with Crippen LogP contribution in [0, 0.1) is 6.92 Å². The van der Waals surface area contributed by atoms with E-state index in [2.05, 4.69) is 0 Å². The molecular weight excluding hydrogens is 227 g/mol. The van der Waals surface area contributed by atoms with E-state index in [9.17, 15) is 13.2 Å². The van der Waals surface area contributed by atoms with Crippen LogP contribution in [0.25, 0.3) is 10.8 Å². The molecule has 2 rings (SSSR count). The van der Waals surface area contributed by atoms with E-state index >= 15 is 0 Å². The van der Waals surface area contributed by atoms with Crippen LogP contribution in [0.2, 0.25) is 0 Å². The smallest absolute Gasteiger partial charge is 0.316 e. The monoisotopic (exact) mass is 239 g/mol. The molecule has 0 fully saturated rings. The number of halogens is 3. The highest BCUT2D eigenvalue weighted by Gasteiger charge is 2.37. The van der Waals surface area contributed by atoms with Crippen LogP contribution in [0.3, 0.4) is 0 Å². The fourth-order valence-corrected chi connectivity index (χ4v) is 1.77. The van der Waals surface area contributed by atoms with Crippen molar-refractivity contribution < 1.29 is 13.2 Å². The predicted octanol–water partition coefficient (Wildman–Crippen LogP) is 3.71. The van der Waals surface area contributed by atoms with Crippen molar-refractivity contribution in [1.82, 2.24) is 0 Å². The predicted molar refractivity (Wildman–Crippen MR) is 61.7 cm³/mol. The maximum absolute atomic E-state index is 12.5. The van der Waals surface area contributed by atoms with Gasteiger partial charge in [-0.2, -0.15) is 13.2 Å².